The summed E-state index contributed by atoms with van der Waals surface area (Å²) >= 11 is 0. The van der Waals surface area contributed by atoms with Gasteiger partial charge in [0.05, 0.1) is 43.1 Å². The summed E-state index contributed by atoms with van der Waals surface area (Å²) in [6.45, 7) is -0.943. The highest BCUT2D eigenvalue weighted by Crippen LogP contribution is 2.37. The van der Waals surface area contributed by atoms with E-state index in [-0.39, 0.29) is 25.9 Å². The maximum Gasteiger partial charge on any atom is 0.187 e. The summed E-state index contributed by atoms with van der Waals surface area (Å²) in [5.41, 5.74) is 35.8. The highest BCUT2D eigenvalue weighted by Gasteiger charge is 2.54. The molecule has 42 heavy (non-hydrogen) atoms. The summed E-state index contributed by atoms with van der Waals surface area (Å²) in [5, 5.41) is 62.6. The van der Waals surface area contributed by atoms with E-state index in [1.807, 2.05) is 0 Å². The first-order chi connectivity index (χ1) is 19.8. The Hall–Kier alpha value is -0.750. The smallest absolute Gasteiger partial charge is 0.187 e. The lowest BCUT2D eigenvalue weighted by molar-refractivity contribution is -0.280. The predicted molar refractivity (Wildman–Crippen MR) is 140 cm³/mol. The maximum atomic E-state index is 14.8. The van der Waals surface area contributed by atoms with Crippen molar-refractivity contribution in [3.05, 3.63) is 0 Å². The standard InChI is InChI=1S/C24H47FN6O11/c25-13-14(30)9(38-10(3-26)17(13)34)1-6-7(28)2-8(29)16(33)21(6)41-24-20(37)22(12(5-32)40-24)42-23-15(31)19(36)18(35)11(4-27)39-23/h6-24,32-37H,1-5,26-31H2/t6-,7+,8-,9-,10-,11+,12-,13-,14+,15-,16+,17+,18-,19-,20-,21+,22-,23-,24+/m1/s1. The van der Waals surface area contributed by atoms with Crippen molar-refractivity contribution in [3.8, 4) is 0 Å². The van der Waals surface area contributed by atoms with E-state index >= 15 is 0 Å². The monoisotopic (exact) mass is 614 g/mol. The Kier molecular flexibility index (Phi) is 11.5. The van der Waals surface area contributed by atoms with Gasteiger partial charge in [-0.25, -0.2) is 4.39 Å². The molecule has 1 saturated carbocycles. The highest BCUT2D eigenvalue weighted by molar-refractivity contribution is 5.03. The van der Waals surface area contributed by atoms with Gasteiger partial charge in [-0.15, -0.1) is 0 Å². The Labute approximate surface area is 242 Å². The lowest BCUT2D eigenvalue weighted by Crippen LogP contribution is -2.65. The first-order valence-corrected chi connectivity index (χ1v) is 14.2. The molecule has 17 nitrogen and oxygen atoms in total. The molecule has 246 valence electrons. The third-order valence-corrected chi connectivity index (χ3v) is 8.92. The van der Waals surface area contributed by atoms with Gasteiger partial charge in [-0.05, 0) is 12.8 Å². The molecule has 0 unspecified atom stereocenters. The van der Waals surface area contributed by atoms with Gasteiger partial charge in [0, 0.05) is 31.1 Å². The van der Waals surface area contributed by atoms with Crippen LogP contribution in [-0.4, -0.2) is 160 Å². The second-order valence-corrected chi connectivity index (χ2v) is 11.7. The maximum absolute atomic E-state index is 14.8. The summed E-state index contributed by atoms with van der Waals surface area (Å²) < 4.78 is 43.7. The Bertz CT molecular complexity index is 872. The minimum Gasteiger partial charge on any atom is -0.394 e. The first-order valence-electron chi connectivity index (χ1n) is 14.2. The third kappa shape index (κ3) is 6.60. The quantitative estimate of drug-likeness (QED) is 0.115. The largest absolute Gasteiger partial charge is 0.394 e. The average molecular weight is 615 g/mol. The van der Waals surface area contributed by atoms with Gasteiger partial charge in [0.15, 0.2) is 12.6 Å². The summed E-state index contributed by atoms with van der Waals surface area (Å²) in [5.74, 6) is -0.725. The molecular formula is C24H47FN6O11. The fourth-order valence-electron chi connectivity index (χ4n) is 6.28. The van der Waals surface area contributed by atoms with Gasteiger partial charge in [0.2, 0.25) is 0 Å². The van der Waals surface area contributed by atoms with Crippen molar-refractivity contribution in [1.82, 2.24) is 0 Å². The molecule has 0 bridgehead atoms. The van der Waals surface area contributed by atoms with E-state index < -0.39 is 123 Å². The molecule has 0 radical (unpaired) electrons. The number of alkyl halides is 1. The van der Waals surface area contributed by atoms with Crippen molar-refractivity contribution >= 4 is 0 Å². The second-order valence-electron chi connectivity index (χ2n) is 11.7. The fraction of sp³-hybridized carbons (Fsp3) is 1.00. The van der Waals surface area contributed by atoms with Gasteiger partial charge in [-0.3, -0.25) is 0 Å². The van der Waals surface area contributed by atoms with E-state index in [0.717, 1.165) is 0 Å². The SMILES string of the molecule is NC[C@@H]1O[C@H](O[C@H]2[C@@H](O)[C@H](O[C@@H]3[C@@H](O)[C@H](N)C[C@H](N)[C@H]3C[C@H]3O[C@H](CN)[C@H](O)[C@H](F)[C@H]3N)O[C@@H]2CO)[C@H](N)[C@@H](O)[C@@H]1O. The van der Waals surface area contributed by atoms with E-state index in [0.29, 0.717) is 0 Å². The normalized spacial score (nSPS) is 53.8. The van der Waals surface area contributed by atoms with Crippen LogP contribution in [0.15, 0.2) is 0 Å². The van der Waals surface area contributed by atoms with Crippen LogP contribution in [0.25, 0.3) is 0 Å². The first kappa shape index (κ1) is 34.1. The Morgan fingerprint density at radius 2 is 1.24 bits per heavy atom. The molecule has 0 aromatic carbocycles. The number of rotatable bonds is 9. The average Bonchev–Trinajstić information content (AvgIpc) is 3.27. The van der Waals surface area contributed by atoms with Gasteiger partial charge >= 0.3 is 0 Å². The van der Waals surface area contributed by atoms with Crippen LogP contribution in [-0.2, 0) is 23.7 Å². The van der Waals surface area contributed by atoms with Crippen LogP contribution in [0.5, 0.6) is 0 Å². The molecule has 1 aliphatic carbocycles. The molecular weight excluding hydrogens is 567 g/mol. The molecule has 0 spiro atoms. The van der Waals surface area contributed by atoms with Crippen molar-refractivity contribution in [1.29, 1.82) is 0 Å². The molecule has 0 aromatic heterocycles. The molecule has 18 heteroatoms. The highest BCUT2D eigenvalue weighted by atomic mass is 19.1. The summed E-state index contributed by atoms with van der Waals surface area (Å²) in [4.78, 5) is 0. The number of nitrogens with two attached hydrogens (primary N) is 6. The van der Waals surface area contributed by atoms with Crippen molar-refractivity contribution in [2.24, 2.45) is 40.3 Å². The zero-order chi connectivity index (χ0) is 31.0. The predicted octanol–water partition coefficient (Wildman–Crippen LogP) is -7.25. The Balaban J connectivity index is 1.50. The number of aliphatic hydroxyl groups is 6. The molecule has 0 aromatic rings. The molecule has 0 amide bonds. The zero-order valence-electron chi connectivity index (χ0n) is 23.1. The summed E-state index contributed by atoms with van der Waals surface area (Å²) in [6, 6.07) is -3.94. The van der Waals surface area contributed by atoms with Gasteiger partial charge in [0.1, 0.15) is 48.9 Å². The van der Waals surface area contributed by atoms with Crippen LogP contribution < -0.4 is 34.4 Å². The topological polar surface area (TPSA) is 324 Å². The van der Waals surface area contributed by atoms with E-state index in [1.54, 1.807) is 0 Å². The molecule has 3 saturated heterocycles. The number of halogens is 1. The molecule has 3 heterocycles. The van der Waals surface area contributed by atoms with Crippen molar-refractivity contribution < 1.29 is 58.7 Å². The van der Waals surface area contributed by atoms with E-state index in [1.165, 1.54) is 0 Å². The number of hydrogen-bond donors (Lipinski definition) is 12. The second kappa shape index (κ2) is 14.1. The number of aliphatic hydroxyl groups excluding tert-OH is 6. The molecule has 19 atom stereocenters. The lowest BCUT2D eigenvalue weighted by Gasteiger charge is -2.47. The van der Waals surface area contributed by atoms with Crippen molar-refractivity contribution in [2.75, 3.05) is 19.7 Å². The van der Waals surface area contributed by atoms with Crippen LogP contribution in [0.4, 0.5) is 4.39 Å². The minimum absolute atomic E-state index is 0.00193. The Morgan fingerprint density at radius 3 is 1.86 bits per heavy atom. The third-order valence-electron chi connectivity index (χ3n) is 8.92. The van der Waals surface area contributed by atoms with Crippen molar-refractivity contribution in [2.45, 2.75) is 123 Å². The minimum atomic E-state index is -1.82. The van der Waals surface area contributed by atoms with Gasteiger partial charge in [-0.1, -0.05) is 0 Å². The molecule has 3 aliphatic heterocycles. The fourth-order valence-corrected chi connectivity index (χ4v) is 6.28. The van der Waals surface area contributed by atoms with Crippen LogP contribution in [0, 0.1) is 5.92 Å². The Morgan fingerprint density at radius 1 is 0.643 bits per heavy atom. The van der Waals surface area contributed by atoms with E-state index in [2.05, 4.69) is 0 Å². The van der Waals surface area contributed by atoms with E-state index in [4.69, 9.17) is 58.1 Å². The van der Waals surface area contributed by atoms with Crippen LogP contribution in [0.1, 0.15) is 12.8 Å². The molecule has 4 fully saturated rings. The lowest BCUT2D eigenvalue weighted by atomic mass is 9.74. The zero-order valence-corrected chi connectivity index (χ0v) is 23.1. The van der Waals surface area contributed by atoms with Gasteiger partial charge in [0.25, 0.3) is 0 Å². The van der Waals surface area contributed by atoms with Crippen LogP contribution in [0.3, 0.4) is 0 Å². The van der Waals surface area contributed by atoms with Crippen LogP contribution in [0.2, 0.25) is 0 Å². The van der Waals surface area contributed by atoms with E-state index in [9.17, 15) is 35.0 Å². The molecule has 4 aliphatic rings. The number of hydrogen-bond acceptors (Lipinski definition) is 17. The van der Waals surface area contributed by atoms with Gasteiger partial charge < -0.3 is 88.7 Å². The summed E-state index contributed by atoms with van der Waals surface area (Å²) in [7, 11) is 0. The number of ether oxygens (including phenoxy) is 5. The van der Waals surface area contributed by atoms with Crippen LogP contribution >= 0.6 is 0 Å². The van der Waals surface area contributed by atoms with Crippen molar-refractivity contribution in [3.63, 3.8) is 0 Å². The molecule has 18 N–H and O–H groups in total. The summed E-state index contributed by atoms with van der Waals surface area (Å²) in [6.07, 6.45) is -18.2. The van der Waals surface area contributed by atoms with Gasteiger partial charge in [-0.2, -0.15) is 0 Å². The molecule has 4 rings (SSSR count).